The Labute approximate surface area is 126 Å². The molecule has 1 aliphatic rings. The second-order valence-corrected chi connectivity index (χ2v) is 5.67. The molecule has 5 heteroatoms. The van der Waals surface area contributed by atoms with Crippen LogP contribution in [-0.4, -0.2) is 32.2 Å². The molecule has 2 unspecified atom stereocenters. The van der Waals surface area contributed by atoms with Crippen LogP contribution in [0.5, 0.6) is 11.5 Å². The molecule has 1 aromatic carbocycles. The second kappa shape index (κ2) is 6.35. The minimum absolute atomic E-state index is 0.0253. The number of hydrogen-bond donors (Lipinski definition) is 2. The first-order chi connectivity index (χ1) is 10.00. The number of carbonyl (C=O) groups excluding carboxylic acids is 1. The first-order valence-corrected chi connectivity index (χ1v) is 7.28. The van der Waals surface area contributed by atoms with Crippen LogP contribution in [0.4, 0.5) is 0 Å². The minimum Gasteiger partial charge on any atom is -0.497 e. The van der Waals surface area contributed by atoms with Crippen molar-refractivity contribution in [3.05, 3.63) is 23.8 Å². The highest BCUT2D eigenvalue weighted by atomic mass is 16.5. The summed E-state index contributed by atoms with van der Waals surface area (Å²) in [4.78, 5) is 12.5. The molecule has 1 aliphatic heterocycles. The van der Waals surface area contributed by atoms with Gasteiger partial charge in [-0.25, -0.2) is 0 Å². The molecule has 2 N–H and O–H groups in total. The lowest BCUT2D eigenvalue weighted by Crippen LogP contribution is -2.51. The molecule has 1 aromatic rings. The van der Waals surface area contributed by atoms with E-state index >= 15 is 0 Å². The zero-order chi connectivity index (χ0) is 15.5. The van der Waals surface area contributed by atoms with Gasteiger partial charge in [0.1, 0.15) is 11.5 Å². The zero-order valence-corrected chi connectivity index (χ0v) is 13.2. The lowest BCUT2D eigenvalue weighted by Gasteiger charge is -2.26. The fourth-order valence-electron chi connectivity index (χ4n) is 2.70. The van der Waals surface area contributed by atoms with E-state index in [1.54, 1.807) is 14.2 Å². The summed E-state index contributed by atoms with van der Waals surface area (Å²) in [5.41, 5.74) is 0.437. The van der Waals surface area contributed by atoms with Gasteiger partial charge in [0, 0.05) is 5.56 Å². The maximum Gasteiger partial charge on any atom is 0.240 e. The van der Waals surface area contributed by atoms with Crippen LogP contribution in [0.15, 0.2) is 18.2 Å². The third-order valence-electron chi connectivity index (χ3n) is 4.12. The number of benzene rings is 1. The van der Waals surface area contributed by atoms with Crippen molar-refractivity contribution >= 4 is 5.91 Å². The summed E-state index contributed by atoms with van der Waals surface area (Å²) in [6.45, 7) is 4.79. The molecule has 5 nitrogen and oxygen atoms in total. The van der Waals surface area contributed by atoms with Gasteiger partial charge in [0.2, 0.25) is 5.91 Å². The monoisotopic (exact) mass is 292 g/mol. The van der Waals surface area contributed by atoms with Crippen molar-refractivity contribution in [2.75, 3.05) is 20.8 Å². The Kier molecular flexibility index (Phi) is 4.73. The number of amides is 1. The van der Waals surface area contributed by atoms with Gasteiger partial charge in [-0.1, -0.05) is 0 Å². The number of methoxy groups -OCH3 is 2. The number of rotatable bonds is 5. The summed E-state index contributed by atoms with van der Waals surface area (Å²) in [6, 6.07) is 5.44. The van der Waals surface area contributed by atoms with Crippen LogP contribution in [0.25, 0.3) is 0 Å². The Morgan fingerprint density at radius 1 is 1.38 bits per heavy atom. The van der Waals surface area contributed by atoms with Gasteiger partial charge in [-0.3, -0.25) is 4.79 Å². The van der Waals surface area contributed by atoms with Crippen LogP contribution in [0.2, 0.25) is 0 Å². The van der Waals surface area contributed by atoms with Gasteiger partial charge < -0.3 is 20.1 Å². The lowest BCUT2D eigenvalue weighted by atomic mass is 9.98. The van der Waals surface area contributed by atoms with E-state index < -0.39 is 5.54 Å². The standard InChI is InChI=1S/C16H24N2O3/c1-11(18-15(19)16(2)8-5-9-17-16)13-10-12(20-3)6-7-14(13)21-4/h6-7,10-11,17H,5,8-9H2,1-4H3,(H,18,19). The van der Waals surface area contributed by atoms with Crippen molar-refractivity contribution in [3.8, 4) is 11.5 Å². The van der Waals surface area contributed by atoms with Gasteiger partial charge in [-0.05, 0) is 51.4 Å². The van der Waals surface area contributed by atoms with Gasteiger partial charge in [-0.15, -0.1) is 0 Å². The topological polar surface area (TPSA) is 59.6 Å². The van der Waals surface area contributed by atoms with Crippen LogP contribution in [-0.2, 0) is 4.79 Å². The van der Waals surface area contributed by atoms with E-state index in [0.717, 1.165) is 36.4 Å². The number of carbonyl (C=O) groups is 1. The van der Waals surface area contributed by atoms with Crippen LogP contribution in [0.3, 0.4) is 0 Å². The third-order valence-corrected chi connectivity index (χ3v) is 4.12. The molecule has 0 spiro atoms. The van der Waals surface area contributed by atoms with E-state index in [4.69, 9.17) is 9.47 Å². The zero-order valence-electron chi connectivity index (χ0n) is 13.2. The molecular weight excluding hydrogens is 268 g/mol. The van der Waals surface area contributed by atoms with Gasteiger partial charge in [-0.2, -0.15) is 0 Å². The van der Waals surface area contributed by atoms with Gasteiger partial charge >= 0.3 is 0 Å². The van der Waals surface area contributed by atoms with E-state index in [1.165, 1.54) is 0 Å². The molecule has 1 amide bonds. The fraction of sp³-hybridized carbons (Fsp3) is 0.562. The summed E-state index contributed by atoms with van der Waals surface area (Å²) in [5.74, 6) is 1.52. The van der Waals surface area contributed by atoms with E-state index in [2.05, 4.69) is 10.6 Å². The fourth-order valence-corrected chi connectivity index (χ4v) is 2.70. The third kappa shape index (κ3) is 3.29. The molecule has 0 saturated carbocycles. The van der Waals surface area contributed by atoms with Gasteiger partial charge in [0.15, 0.2) is 0 Å². The molecule has 0 aromatic heterocycles. The molecule has 1 fully saturated rings. The Morgan fingerprint density at radius 2 is 2.14 bits per heavy atom. The molecule has 0 bridgehead atoms. The van der Waals surface area contributed by atoms with E-state index in [-0.39, 0.29) is 11.9 Å². The number of nitrogens with one attached hydrogen (secondary N) is 2. The maximum atomic E-state index is 12.5. The Morgan fingerprint density at radius 3 is 2.71 bits per heavy atom. The highest BCUT2D eigenvalue weighted by molar-refractivity contribution is 5.86. The SMILES string of the molecule is COc1ccc(OC)c(C(C)NC(=O)C2(C)CCCN2)c1. The van der Waals surface area contributed by atoms with Crippen molar-refractivity contribution in [3.63, 3.8) is 0 Å². The predicted octanol–water partition coefficient (Wildman–Crippen LogP) is 2.02. The predicted molar refractivity (Wildman–Crippen MR) is 81.7 cm³/mol. The largest absolute Gasteiger partial charge is 0.497 e. The van der Waals surface area contributed by atoms with E-state index in [9.17, 15) is 4.79 Å². The molecule has 21 heavy (non-hydrogen) atoms. The van der Waals surface area contributed by atoms with Gasteiger partial charge in [0.05, 0.1) is 25.8 Å². The molecule has 1 heterocycles. The first-order valence-electron chi connectivity index (χ1n) is 7.28. The average molecular weight is 292 g/mol. The Hall–Kier alpha value is -1.75. The average Bonchev–Trinajstić information content (AvgIpc) is 2.94. The van der Waals surface area contributed by atoms with Crippen molar-refractivity contribution in [1.29, 1.82) is 0 Å². The molecule has 1 saturated heterocycles. The quantitative estimate of drug-likeness (QED) is 0.872. The molecule has 0 radical (unpaired) electrons. The number of hydrogen-bond acceptors (Lipinski definition) is 4. The van der Waals surface area contributed by atoms with Crippen molar-refractivity contribution in [2.24, 2.45) is 0 Å². The molecule has 0 aliphatic carbocycles. The second-order valence-electron chi connectivity index (χ2n) is 5.67. The summed E-state index contributed by atoms with van der Waals surface area (Å²) >= 11 is 0. The van der Waals surface area contributed by atoms with Crippen LogP contribution >= 0.6 is 0 Å². The van der Waals surface area contributed by atoms with Crippen LogP contribution < -0.4 is 20.1 Å². The van der Waals surface area contributed by atoms with E-state index in [0.29, 0.717) is 0 Å². The van der Waals surface area contributed by atoms with E-state index in [1.807, 2.05) is 32.0 Å². The normalized spacial score (nSPS) is 22.7. The highest BCUT2D eigenvalue weighted by Gasteiger charge is 2.36. The summed E-state index contributed by atoms with van der Waals surface area (Å²) in [7, 11) is 3.25. The number of ether oxygens (including phenoxy) is 2. The maximum absolute atomic E-state index is 12.5. The minimum atomic E-state index is -0.472. The van der Waals surface area contributed by atoms with Crippen molar-refractivity contribution < 1.29 is 14.3 Å². The van der Waals surface area contributed by atoms with Gasteiger partial charge in [0.25, 0.3) is 0 Å². The summed E-state index contributed by atoms with van der Waals surface area (Å²) in [6.07, 6.45) is 1.89. The highest BCUT2D eigenvalue weighted by Crippen LogP contribution is 2.30. The summed E-state index contributed by atoms with van der Waals surface area (Å²) in [5, 5.41) is 6.34. The first kappa shape index (κ1) is 15.6. The molecule has 2 rings (SSSR count). The molecule has 116 valence electrons. The Bertz CT molecular complexity index is 510. The Balaban J connectivity index is 2.15. The van der Waals surface area contributed by atoms with Crippen LogP contribution in [0.1, 0.15) is 38.3 Å². The molecule has 2 atom stereocenters. The van der Waals surface area contributed by atoms with Crippen molar-refractivity contribution in [1.82, 2.24) is 10.6 Å². The smallest absolute Gasteiger partial charge is 0.240 e. The van der Waals surface area contributed by atoms with Crippen LogP contribution in [0, 0.1) is 0 Å². The summed E-state index contributed by atoms with van der Waals surface area (Å²) < 4.78 is 10.6. The lowest BCUT2D eigenvalue weighted by molar-refractivity contribution is -0.127. The molecular formula is C16H24N2O3. The van der Waals surface area contributed by atoms with Crippen molar-refractivity contribution in [2.45, 2.75) is 38.3 Å².